The smallest absolute Gasteiger partial charge is 0.338 e. The predicted octanol–water partition coefficient (Wildman–Crippen LogP) is 2.33. The van der Waals surface area contributed by atoms with Crippen molar-refractivity contribution >= 4 is 5.97 Å². The van der Waals surface area contributed by atoms with Crippen molar-refractivity contribution in [2.45, 2.75) is 44.7 Å². The highest BCUT2D eigenvalue weighted by atomic mass is 16.4. The van der Waals surface area contributed by atoms with E-state index in [4.69, 9.17) is 5.11 Å². The van der Waals surface area contributed by atoms with E-state index in [1.165, 1.54) is 44.5 Å². The second-order valence-corrected chi connectivity index (χ2v) is 5.31. The molecule has 0 saturated heterocycles. The highest BCUT2D eigenvalue weighted by Gasteiger charge is 2.16. The molecule has 0 radical (unpaired) electrons. The molecule has 6 nitrogen and oxygen atoms in total. The zero-order chi connectivity index (χ0) is 13.9. The third kappa shape index (κ3) is 2.74. The molecule has 0 amide bonds. The quantitative estimate of drug-likeness (QED) is 0.928. The zero-order valence-corrected chi connectivity index (χ0v) is 11.3. The molecule has 3 rings (SSSR count). The third-order valence-electron chi connectivity index (χ3n) is 3.82. The van der Waals surface area contributed by atoms with Crippen LogP contribution in [0.15, 0.2) is 24.7 Å². The molecule has 20 heavy (non-hydrogen) atoms. The number of carboxylic acids is 1. The molecule has 6 heteroatoms. The minimum Gasteiger partial charge on any atom is -0.478 e. The first-order valence-electron chi connectivity index (χ1n) is 7.02. The summed E-state index contributed by atoms with van der Waals surface area (Å²) in [4.78, 5) is 10.8. The minimum atomic E-state index is -0.955. The summed E-state index contributed by atoms with van der Waals surface area (Å²) in [5, 5.41) is 17.5. The lowest BCUT2D eigenvalue weighted by Crippen LogP contribution is -2.13. The SMILES string of the molecule is O=C(O)c1cnn(Cc2ccn(C3CCCCC3)n2)c1. The summed E-state index contributed by atoms with van der Waals surface area (Å²) in [5.74, 6) is -0.955. The molecule has 1 aliphatic rings. The van der Waals surface area contributed by atoms with Crippen molar-refractivity contribution < 1.29 is 9.90 Å². The Labute approximate surface area is 117 Å². The average molecular weight is 274 g/mol. The zero-order valence-electron chi connectivity index (χ0n) is 11.3. The molecule has 0 bridgehead atoms. The molecule has 0 atom stereocenters. The van der Waals surface area contributed by atoms with Crippen LogP contribution in [0.2, 0.25) is 0 Å². The molecule has 0 spiro atoms. The van der Waals surface area contributed by atoms with Gasteiger partial charge < -0.3 is 5.11 Å². The molecule has 2 heterocycles. The molecule has 106 valence electrons. The maximum Gasteiger partial charge on any atom is 0.338 e. The molecule has 0 aromatic carbocycles. The number of carboxylic acid groups (broad SMARTS) is 1. The Bertz CT molecular complexity index is 596. The fraction of sp³-hybridized carbons (Fsp3) is 0.500. The number of carbonyl (C=O) groups is 1. The van der Waals surface area contributed by atoms with Crippen LogP contribution in [-0.2, 0) is 6.54 Å². The number of hydrogen-bond donors (Lipinski definition) is 1. The molecule has 1 N–H and O–H groups in total. The molecule has 2 aromatic heterocycles. The topological polar surface area (TPSA) is 72.9 Å². The molecular formula is C14H18N4O2. The fourth-order valence-corrected chi connectivity index (χ4v) is 2.74. The largest absolute Gasteiger partial charge is 0.478 e. The van der Waals surface area contributed by atoms with Crippen LogP contribution in [0.4, 0.5) is 0 Å². The molecular weight excluding hydrogens is 256 g/mol. The van der Waals surface area contributed by atoms with E-state index in [0.717, 1.165) is 5.69 Å². The first-order chi connectivity index (χ1) is 9.72. The Balaban J connectivity index is 1.68. The summed E-state index contributed by atoms with van der Waals surface area (Å²) in [5.41, 5.74) is 1.12. The van der Waals surface area contributed by atoms with Crippen LogP contribution >= 0.6 is 0 Å². The van der Waals surface area contributed by atoms with Crippen molar-refractivity contribution in [3.05, 3.63) is 35.9 Å². The van der Waals surface area contributed by atoms with E-state index < -0.39 is 5.97 Å². The number of aromatic nitrogens is 4. The summed E-state index contributed by atoms with van der Waals surface area (Å²) < 4.78 is 3.66. The first kappa shape index (κ1) is 12.9. The van der Waals surface area contributed by atoms with Crippen molar-refractivity contribution in [3.63, 3.8) is 0 Å². The first-order valence-corrected chi connectivity index (χ1v) is 7.02. The van der Waals surface area contributed by atoms with E-state index in [1.807, 2.05) is 12.3 Å². The van der Waals surface area contributed by atoms with Crippen LogP contribution in [0.25, 0.3) is 0 Å². The lowest BCUT2D eigenvalue weighted by Gasteiger charge is -2.21. The van der Waals surface area contributed by atoms with Gasteiger partial charge in [0, 0.05) is 12.4 Å². The maximum absolute atomic E-state index is 10.8. The maximum atomic E-state index is 10.8. The molecule has 0 aliphatic heterocycles. The standard InChI is InChI=1S/C14H18N4O2/c19-14(20)11-8-15-17(9-11)10-12-6-7-18(16-12)13-4-2-1-3-5-13/h6-9,13H,1-5,10H2,(H,19,20). The Hall–Kier alpha value is -2.11. The number of hydrogen-bond acceptors (Lipinski definition) is 3. The van der Waals surface area contributed by atoms with Crippen molar-refractivity contribution in [1.82, 2.24) is 19.6 Å². The van der Waals surface area contributed by atoms with Crippen LogP contribution in [0, 0.1) is 0 Å². The average Bonchev–Trinajstić information content (AvgIpc) is 3.10. The Kier molecular flexibility index (Phi) is 3.54. The second-order valence-electron chi connectivity index (χ2n) is 5.31. The van der Waals surface area contributed by atoms with Crippen molar-refractivity contribution in [3.8, 4) is 0 Å². The van der Waals surface area contributed by atoms with E-state index in [-0.39, 0.29) is 5.56 Å². The van der Waals surface area contributed by atoms with E-state index in [0.29, 0.717) is 12.6 Å². The summed E-state index contributed by atoms with van der Waals surface area (Å²) in [7, 11) is 0. The lowest BCUT2D eigenvalue weighted by atomic mass is 9.96. The summed E-state index contributed by atoms with van der Waals surface area (Å²) in [6.45, 7) is 0.507. The van der Waals surface area contributed by atoms with Gasteiger partial charge in [-0.2, -0.15) is 10.2 Å². The minimum absolute atomic E-state index is 0.205. The van der Waals surface area contributed by atoms with Gasteiger partial charge in [-0.3, -0.25) is 9.36 Å². The molecule has 0 unspecified atom stereocenters. The second kappa shape index (κ2) is 5.48. The highest BCUT2D eigenvalue weighted by Crippen LogP contribution is 2.27. The number of nitrogens with zero attached hydrogens (tertiary/aromatic N) is 4. The van der Waals surface area contributed by atoms with Gasteiger partial charge in [-0.15, -0.1) is 0 Å². The monoisotopic (exact) mass is 274 g/mol. The Morgan fingerprint density at radius 3 is 2.85 bits per heavy atom. The van der Waals surface area contributed by atoms with Crippen LogP contribution in [0.3, 0.4) is 0 Å². The fourth-order valence-electron chi connectivity index (χ4n) is 2.74. The molecule has 2 aromatic rings. The highest BCUT2D eigenvalue weighted by molar-refractivity contribution is 5.86. The van der Waals surface area contributed by atoms with Crippen molar-refractivity contribution in [2.24, 2.45) is 0 Å². The van der Waals surface area contributed by atoms with Gasteiger partial charge in [-0.05, 0) is 18.9 Å². The molecule has 1 saturated carbocycles. The van der Waals surface area contributed by atoms with E-state index >= 15 is 0 Å². The van der Waals surface area contributed by atoms with Gasteiger partial charge >= 0.3 is 5.97 Å². The summed E-state index contributed by atoms with van der Waals surface area (Å²) in [6.07, 6.45) is 11.2. The van der Waals surface area contributed by atoms with E-state index in [1.54, 1.807) is 4.68 Å². The third-order valence-corrected chi connectivity index (χ3v) is 3.82. The van der Waals surface area contributed by atoms with Crippen LogP contribution in [-0.4, -0.2) is 30.6 Å². The molecule has 1 aliphatic carbocycles. The van der Waals surface area contributed by atoms with Gasteiger partial charge in [0.05, 0.1) is 30.0 Å². The lowest BCUT2D eigenvalue weighted by molar-refractivity contribution is 0.0697. The van der Waals surface area contributed by atoms with Crippen LogP contribution in [0.1, 0.15) is 54.2 Å². The van der Waals surface area contributed by atoms with Gasteiger partial charge in [-0.25, -0.2) is 4.79 Å². The number of rotatable bonds is 4. The van der Waals surface area contributed by atoms with E-state index in [2.05, 4.69) is 14.9 Å². The van der Waals surface area contributed by atoms with Crippen molar-refractivity contribution in [2.75, 3.05) is 0 Å². The van der Waals surface area contributed by atoms with Gasteiger partial charge in [0.15, 0.2) is 0 Å². The summed E-state index contributed by atoms with van der Waals surface area (Å²) in [6, 6.07) is 2.50. The predicted molar refractivity (Wildman–Crippen MR) is 72.6 cm³/mol. The van der Waals surface area contributed by atoms with Gasteiger partial charge in [0.2, 0.25) is 0 Å². The van der Waals surface area contributed by atoms with Crippen molar-refractivity contribution in [1.29, 1.82) is 0 Å². The Morgan fingerprint density at radius 1 is 1.35 bits per heavy atom. The Morgan fingerprint density at radius 2 is 2.15 bits per heavy atom. The molecule has 1 fully saturated rings. The number of aromatic carboxylic acids is 1. The van der Waals surface area contributed by atoms with Crippen LogP contribution in [0.5, 0.6) is 0 Å². The summed E-state index contributed by atoms with van der Waals surface area (Å²) >= 11 is 0. The van der Waals surface area contributed by atoms with Gasteiger partial charge in [-0.1, -0.05) is 19.3 Å². The van der Waals surface area contributed by atoms with Gasteiger partial charge in [0.1, 0.15) is 0 Å². The van der Waals surface area contributed by atoms with Crippen LogP contribution < -0.4 is 0 Å². The normalized spacial score (nSPS) is 16.4. The van der Waals surface area contributed by atoms with E-state index in [9.17, 15) is 4.79 Å². The van der Waals surface area contributed by atoms with Gasteiger partial charge in [0.25, 0.3) is 0 Å².